The molecule has 5 rings (SSSR count). The van der Waals surface area contributed by atoms with Crippen molar-refractivity contribution in [3.05, 3.63) is 47.5 Å². The minimum atomic E-state index is -3.90. The minimum absolute atomic E-state index is 0.0149. The summed E-state index contributed by atoms with van der Waals surface area (Å²) in [6.45, 7) is 5.02. The van der Waals surface area contributed by atoms with Crippen molar-refractivity contribution in [2.75, 3.05) is 6.54 Å². The highest BCUT2D eigenvalue weighted by atomic mass is 32.2. The first-order valence-corrected chi connectivity index (χ1v) is 18.3. The number of rotatable bonds is 6. The van der Waals surface area contributed by atoms with Gasteiger partial charge >= 0.3 is 6.09 Å². The van der Waals surface area contributed by atoms with Gasteiger partial charge < -0.3 is 25.6 Å². The standard InChI is InChI=1S/C34H44N6O8S/c1-33(2,3)48-32(45)37-26-13-8-6-4-5-7-12-23-18-34(23,31(44)39-49(46,47)25-14-15-25)38-29(42)27-17-24(20-40(27)30(26)43)36-28(41)22-11-9-10-21(16-22)19-35/h7,9-12,16,23-27H,4-6,8,13-15,17-18,20H2,1-3H3,(H,36,41)(H,37,45)(H,38,42)(H,39,44)/b12-7-/t23-,24-,26+,27+,34-/m1/s1. The van der Waals surface area contributed by atoms with Crippen LogP contribution in [0.25, 0.3) is 0 Å². The molecule has 49 heavy (non-hydrogen) atoms. The Morgan fingerprint density at radius 3 is 2.53 bits per heavy atom. The molecule has 264 valence electrons. The van der Waals surface area contributed by atoms with Crippen molar-refractivity contribution in [3.63, 3.8) is 0 Å². The maximum Gasteiger partial charge on any atom is 0.408 e. The SMILES string of the molecule is CC(C)(C)OC(=O)N[C@H]1CCCCC/C=C\[C@@H]2C[C@@]2(C(=O)NS(=O)(=O)C2CC2)NC(=O)[C@@H]2C[C@@H](NC(=O)c3cccc(C#N)c3)CN2C1=O. The van der Waals surface area contributed by atoms with Crippen LogP contribution in [0.1, 0.15) is 94.5 Å². The van der Waals surface area contributed by atoms with Crippen LogP contribution >= 0.6 is 0 Å². The average Bonchev–Trinajstić information content (AvgIpc) is 3.95. The van der Waals surface area contributed by atoms with Crippen LogP contribution in [0.5, 0.6) is 0 Å². The van der Waals surface area contributed by atoms with Crippen LogP contribution in [-0.2, 0) is 29.1 Å². The van der Waals surface area contributed by atoms with Crippen LogP contribution < -0.4 is 20.7 Å². The van der Waals surface area contributed by atoms with Crippen molar-refractivity contribution in [1.82, 2.24) is 25.6 Å². The van der Waals surface area contributed by atoms with E-state index in [0.717, 1.165) is 12.8 Å². The summed E-state index contributed by atoms with van der Waals surface area (Å²) in [5.74, 6) is -3.02. The molecule has 5 atom stereocenters. The van der Waals surface area contributed by atoms with E-state index in [1.807, 2.05) is 18.2 Å². The van der Waals surface area contributed by atoms with Crippen LogP contribution in [0.4, 0.5) is 4.79 Å². The Morgan fingerprint density at radius 2 is 1.84 bits per heavy atom. The summed E-state index contributed by atoms with van der Waals surface area (Å²) >= 11 is 0. The van der Waals surface area contributed by atoms with E-state index >= 15 is 0 Å². The second-order valence-corrected chi connectivity index (χ2v) is 16.3. The quantitative estimate of drug-likeness (QED) is 0.321. The zero-order chi connectivity index (χ0) is 35.6. The Hall–Kier alpha value is -4.45. The Labute approximate surface area is 286 Å². The molecule has 0 aromatic heterocycles. The molecule has 15 heteroatoms. The third-order valence-electron chi connectivity index (χ3n) is 9.16. The normalized spacial score (nSPS) is 28.2. The second-order valence-electron chi connectivity index (χ2n) is 14.3. The Balaban J connectivity index is 1.43. The number of nitrogens with one attached hydrogen (secondary N) is 4. The maximum atomic E-state index is 14.2. The van der Waals surface area contributed by atoms with Crippen LogP contribution in [0.3, 0.4) is 0 Å². The first-order chi connectivity index (χ1) is 23.1. The molecule has 2 aliphatic heterocycles. The molecular weight excluding hydrogens is 652 g/mol. The molecule has 3 fully saturated rings. The molecule has 4 N–H and O–H groups in total. The van der Waals surface area contributed by atoms with Gasteiger partial charge in [0.05, 0.1) is 16.9 Å². The van der Waals surface area contributed by atoms with Crippen LogP contribution in [0.15, 0.2) is 36.4 Å². The number of benzene rings is 1. The van der Waals surface area contributed by atoms with E-state index in [2.05, 4.69) is 20.7 Å². The van der Waals surface area contributed by atoms with Crippen molar-refractivity contribution < 1.29 is 37.1 Å². The number of sulfonamides is 1. The highest BCUT2D eigenvalue weighted by Crippen LogP contribution is 2.46. The van der Waals surface area contributed by atoms with Gasteiger partial charge in [-0.15, -0.1) is 0 Å². The topological polar surface area (TPSA) is 204 Å². The largest absolute Gasteiger partial charge is 0.444 e. The molecule has 1 saturated heterocycles. The lowest BCUT2D eigenvalue weighted by atomic mass is 10.0. The lowest BCUT2D eigenvalue weighted by Gasteiger charge is -2.30. The van der Waals surface area contributed by atoms with Gasteiger partial charge in [-0.1, -0.05) is 31.1 Å². The van der Waals surface area contributed by atoms with Gasteiger partial charge in [-0.2, -0.15) is 5.26 Å². The van der Waals surface area contributed by atoms with Gasteiger partial charge in [-0.3, -0.25) is 23.9 Å². The van der Waals surface area contributed by atoms with Gasteiger partial charge in [0.15, 0.2) is 0 Å². The highest BCUT2D eigenvalue weighted by molar-refractivity contribution is 7.91. The van der Waals surface area contributed by atoms with Gasteiger partial charge in [0.2, 0.25) is 21.8 Å². The van der Waals surface area contributed by atoms with Crippen molar-refractivity contribution in [2.45, 2.75) is 113 Å². The fourth-order valence-electron chi connectivity index (χ4n) is 6.35. The van der Waals surface area contributed by atoms with Gasteiger partial charge in [-0.05, 0) is 83.9 Å². The first kappa shape index (κ1) is 35.8. The zero-order valence-electron chi connectivity index (χ0n) is 28.0. The molecule has 0 spiro atoms. The number of nitriles is 1. The van der Waals surface area contributed by atoms with E-state index in [9.17, 15) is 37.7 Å². The predicted molar refractivity (Wildman–Crippen MR) is 177 cm³/mol. The lowest BCUT2D eigenvalue weighted by Crippen LogP contribution is -2.58. The van der Waals surface area contributed by atoms with E-state index in [1.165, 1.54) is 11.0 Å². The number of hydrogen-bond acceptors (Lipinski definition) is 9. The summed E-state index contributed by atoms with van der Waals surface area (Å²) in [5.41, 5.74) is -1.84. The number of fused-ring (bicyclic) bond motifs is 2. The van der Waals surface area contributed by atoms with E-state index in [0.29, 0.717) is 25.7 Å². The third-order valence-corrected chi connectivity index (χ3v) is 11.0. The molecule has 14 nitrogen and oxygen atoms in total. The number of alkyl carbamates (subject to hydrolysis) is 1. The summed E-state index contributed by atoms with van der Waals surface area (Å²) in [4.78, 5) is 69.2. The summed E-state index contributed by atoms with van der Waals surface area (Å²) in [6.07, 6.45) is 7.08. The monoisotopic (exact) mass is 696 g/mol. The smallest absolute Gasteiger partial charge is 0.408 e. The van der Waals surface area contributed by atoms with E-state index in [4.69, 9.17) is 4.74 Å². The predicted octanol–water partition coefficient (Wildman–Crippen LogP) is 2.15. The first-order valence-electron chi connectivity index (χ1n) is 16.8. The molecule has 2 heterocycles. The molecule has 0 radical (unpaired) electrons. The number of carbonyl (C=O) groups excluding carboxylic acids is 5. The van der Waals surface area contributed by atoms with E-state index < -0.39 is 80.2 Å². The maximum absolute atomic E-state index is 14.2. The van der Waals surface area contributed by atoms with Crippen molar-refractivity contribution >= 4 is 39.7 Å². The van der Waals surface area contributed by atoms with Gasteiger partial charge in [0.1, 0.15) is 23.2 Å². The molecule has 1 aromatic carbocycles. The zero-order valence-corrected chi connectivity index (χ0v) is 28.8. The van der Waals surface area contributed by atoms with E-state index in [1.54, 1.807) is 39.0 Å². The number of carbonyl (C=O) groups is 5. The van der Waals surface area contributed by atoms with Crippen LogP contribution in [0, 0.1) is 17.2 Å². The molecule has 5 amide bonds. The fourth-order valence-corrected chi connectivity index (χ4v) is 7.72. The second kappa shape index (κ2) is 14.2. The number of allylic oxidation sites excluding steroid dienone is 1. The van der Waals surface area contributed by atoms with Crippen LogP contribution in [0.2, 0.25) is 0 Å². The molecule has 0 unspecified atom stereocenters. The van der Waals surface area contributed by atoms with Gasteiger partial charge in [0.25, 0.3) is 11.8 Å². The number of hydrogen-bond donors (Lipinski definition) is 4. The summed E-state index contributed by atoms with van der Waals surface area (Å²) in [7, 11) is -3.90. The molecule has 0 bridgehead atoms. The molecule has 4 aliphatic rings. The highest BCUT2D eigenvalue weighted by Gasteiger charge is 2.62. The Bertz CT molecular complexity index is 1680. The number of ether oxygens (including phenoxy) is 1. The van der Waals surface area contributed by atoms with Crippen LogP contribution in [-0.4, -0.2) is 84.1 Å². The minimum Gasteiger partial charge on any atom is -0.444 e. The Kier molecular flexibility index (Phi) is 10.4. The van der Waals surface area contributed by atoms with Crippen molar-refractivity contribution in [1.29, 1.82) is 5.26 Å². The van der Waals surface area contributed by atoms with E-state index in [-0.39, 0.29) is 36.9 Å². The Morgan fingerprint density at radius 1 is 1.08 bits per heavy atom. The molecule has 2 aliphatic carbocycles. The molecular formula is C34H44N6O8S. The summed E-state index contributed by atoms with van der Waals surface area (Å²) in [5, 5.41) is 17.0. The molecule has 1 aromatic rings. The summed E-state index contributed by atoms with van der Waals surface area (Å²) in [6, 6.07) is 5.20. The van der Waals surface area contributed by atoms with Crippen molar-refractivity contribution in [2.24, 2.45) is 5.92 Å². The fraction of sp³-hybridized carbons (Fsp3) is 0.588. The lowest BCUT2D eigenvalue weighted by molar-refractivity contribution is -0.141. The van der Waals surface area contributed by atoms with Crippen molar-refractivity contribution in [3.8, 4) is 6.07 Å². The number of nitrogens with zero attached hydrogens (tertiary/aromatic N) is 2. The third kappa shape index (κ3) is 8.78. The summed E-state index contributed by atoms with van der Waals surface area (Å²) < 4.78 is 33.0. The average molecular weight is 697 g/mol. The number of amides is 5. The van der Waals surface area contributed by atoms with Gasteiger partial charge in [0, 0.05) is 24.1 Å². The van der Waals surface area contributed by atoms with Gasteiger partial charge in [-0.25, -0.2) is 13.2 Å². The molecule has 2 saturated carbocycles.